The second-order valence-corrected chi connectivity index (χ2v) is 6.16. The van der Waals surface area contributed by atoms with E-state index in [1.54, 1.807) is 7.11 Å². The van der Waals surface area contributed by atoms with E-state index in [9.17, 15) is 5.11 Å². The summed E-state index contributed by atoms with van der Waals surface area (Å²) in [5, 5.41) is 10.4. The molecule has 1 aromatic carbocycles. The molecule has 1 aromatic rings. The van der Waals surface area contributed by atoms with Gasteiger partial charge in [-0.1, -0.05) is 37.8 Å². The molecule has 0 amide bonds. The molecule has 0 heterocycles. The molecule has 0 aromatic heterocycles. The van der Waals surface area contributed by atoms with Crippen molar-refractivity contribution in [3.8, 4) is 5.75 Å². The lowest BCUT2D eigenvalue weighted by Gasteiger charge is -2.29. The van der Waals surface area contributed by atoms with Crippen molar-refractivity contribution in [2.45, 2.75) is 58.2 Å². The normalized spacial score (nSPS) is 23.8. The molecule has 3 unspecified atom stereocenters. The Bertz CT molecular complexity index is 444. The first-order valence-electron chi connectivity index (χ1n) is 8.08. The van der Waals surface area contributed by atoms with Crippen LogP contribution in [0, 0.1) is 12.8 Å². The number of aliphatic hydroxyl groups is 1. The highest BCUT2D eigenvalue weighted by Crippen LogP contribution is 2.31. The summed E-state index contributed by atoms with van der Waals surface area (Å²) in [5.74, 6) is 1.51. The molecule has 3 atom stereocenters. The van der Waals surface area contributed by atoms with E-state index < -0.39 is 6.10 Å². The summed E-state index contributed by atoms with van der Waals surface area (Å²) in [4.78, 5) is 0. The first-order chi connectivity index (χ1) is 10.1. The van der Waals surface area contributed by atoms with Crippen molar-refractivity contribution < 1.29 is 14.6 Å². The average molecular weight is 292 g/mol. The number of rotatable bonds is 6. The van der Waals surface area contributed by atoms with Crippen LogP contribution in [0.25, 0.3) is 0 Å². The fraction of sp³-hybridized carbons (Fsp3) is 0.667. The second-order valence-electron chi connectivity index (χ2n) is 6.16. The summed E-state index contributed by atoms with van der Waals surface area (Å²) in [5.41, 5.74) is 1.94. The highest BCUT2D eigenvalue weighted by Gasteiger charge is 2.23. The molecule has 1 aliphatic rings. The quantitative estimate of drug-likeness (QED) is 0.860. The fourth-order valence-corrected chi connectivity index (χ4v) is 3.20. The Morgan fingerprint density at radius 1 is 1.33 bits per heavy atom. The first-order valence-corrected chi connectivity index (χ1v) is 8.08. The zero-order valence-corrected chi connectivity index (χ0v) is 13.5. The van der Waals surface area contributed by atoms with Crippen LogP contribution in [0.15, 0.2) is 18.2 Å². The Morgan fingerprint density at radius 2 is 2.14 bits per heavy atom. The molecule has 2 rings (SSSR count). The number of hydrogen-bond acceptors (Lipinski definition) is 3. The van der Waals surface area contributed by atoms with Gasteiger partial charge in [0, 0.05) is 5.56 Å². The molecule has 21 heavy (non-hydrogen) atoms. The van der Waals surface area contributed by atoms with Gasteiger partial charge >= 0.3 is 0 Å². The summed E-state index contributed by atoms with van der Waals surface area (Å²) >= 11 is 0. The van der Waals surface area contributed by atoms with Crippen molar-refractivity contribution in [3.05, 3.63) is 29.3 Å². The van der Waals surface area contributed by atoms with Crippen LogP contribution in [-0.4, -0.2) is 24.9 Å². The molecule has 1 aliphatic carbocycles. The number of ether oxygens (including phenoxy) is 2. The lowest BCUT2D eigenvalue weighted by atomic mass is 9.85. The minimum atomic E-state index is -0.623. The molecular formula is C18H28O3. The van der Waals surface area contributed by atoms with Gasteiger partial charge < -0.3 is 14.6 Å². The summed E-state index contributed by atoms with van der Waals surface area (Å²) < 4.78 is 11.3. The van der Waals surface area contributed by atoms with Crippen molar-refractivity contribution >= 4 is 0 Å². The van der Waals surface area contributed by atoms with Gasteiger partial charge in [0.05, 0.1) is 19.8 Å². The minimum Gasteiger partial charge on any atom is -0.496 e. The lowest BCUT2D eigenvalue weighted by molar-refractivity contribution is -0.0344. The third-order valence-electron chi connectivity index (χ3n) is 4.55. The molecule has 0 radical (unpaired) electrons. The second kappa shape index (κ2) is 7.81. The van der Waals surface area contributed by atoms with Gasteiger partial charge in [-0.3, -0.25) is 0 Å². The van der Waals surface area contributed by atoms with Crippen LogP contribution >= 0.6 is 0 Å². The van der Waals surface area contributed by atoms with E-state index in [-0.39, 0.29) is 0 Å². The lowest BCUT2D eigenvalue weighted by Crippen LogP contribution is -2.24. The maximum absolute atomic E-state index is 10.4. The molecule has 0 aliphatic heterocycles. The van der Waals surface area contributed by atoms with Crippen LogP contribution in [-0.2, 0) is 4.74 Å². The highest BCUT2D eigenvalue weighted by molar-refractivity contribution is 5.38. The van der Waals surface area contributed by atoms with Gasteiger partial charge in [-0.2, -0.15) is 0 Å². The van der Waals surface area contributed by atoms with Gasteiger partial charge in [-0.15, -0.1) is 0 Å². The Hall–Kier alpha value is -1.06. The molecule has 0 saturated heterocycles. The molecule has 118 valence electrons. The van der Waals surface area contributed by atoms with Gasteiger partial charge in [0.15, 0.2) is 0 Å². The summed E-state index contributed by atoms with van der Waals surface area (Å²) in [7, 11) is 1.63. The molecule has 3 nitrogen and oxygen atoms in total. The standard InChI is InChI=1S/C18H28O3/c1-4-14-6-5-7-15(11-14)21-12-17(19)16-10-13(2)8-9-18(16)20-3/h8-10,14-15,17,19H,4-7,11-12H2,1-3H3. The van der Waals surface area contributed by atoms with E-state index in [0.717, 1.165) is 35.6 Å². The van der Waals surface area contributed by atoms with Gasteiger partial charge in [0.1, 0.15) is 11.9 Å². The summed E-state index contributed by atoms with van der Waals surface area (Å²) in [6, 6.07) is 5.87. The zero-order chi connectivity index (χ0) is 15.2. The number of benzene rings is 1. The Balaban J connectivity index is 1.92. The van der Waals surface area contributed by atoms with Crippen LogP contribution in [0.1, 0.15) is 56.3 Å². The largest absolute Gasteiger partial charge is 0.496 e. The predicted octanol–water partition coefficient (Wildman–Crippen LogP) is 4.02. The average Bonchev–Trinajstić information content (AvgIpc) is 2.52. The molecule has 1 N–H and O–H groups in total. The van der Waals surface area contributed by atoms with Crippen LogP contribution in [0.3, 0.4) is 0 Å². The zero-order valence-electron chi connectivity index (χ0n) is 13.5. The fourth-order valence-electron chi connectivity index (χ4n) is 3.20. The van der Waals surface area contributed by atoms with Crippen LogP contribution in [0.4, 0.5) is 0 Å². The topological polar surface area (TPSA) is 38.7 Å². The van der Waals surface area contributed by atoms with Crippen molar-refractivity contribution in [3.63, 3.8) is 0 Å². The number of aryl methyl sites for hydroxylation is 1. The molecule has 0 bridgehead atoms. The smallest absolute Gasteiger partial charge is 0.124 e. The third-order valence-corrected chi connectivity index (χ3v) is 4.55. The maximum Gasteiger partial charge on any atom is 0.124 e. The minimum absolute atomic E-state index is 0.300. The summed E-state index contributed by atoms with van der Waals surface area (Å²) in [6.07, 6.45) is 5.73. The van der Waals surface area contributed by atoms with Gasteiger partial charge in [0.25, 0.3) is 0 Å². The van der Waals surface area contributed by atoms with E-state index in [1.807, 2.05) is 25.1 Å². The van der Waals surface area contributed by atoms with Crippen molar-refractivity contribution in [1.29, 1.82) is 0 Å². The molecule has 3 heteroatoms. The van der Waals surface area contributed by atoms with Crippen molar-refractivity contribution in [2.75, 3.05) is 13.7 Å². The Morgan fingerprint density at radius 3 is 2.86 bits per heavy atom. The Kier molecular flexibility index (Phi) is 6.07. The van der Waals surface area contributed by atoms with Crippen LogP contribution in [0.5, 0.6) is 5.75 Å². The van der Waals surface area contributed by atoms with Gasteiger partial charge in [-0.25, -0.2) is 0 Å². The van der Waals surface area contributed by atoms with E-state index in [1.165, 1.54) is 19.3 Å². The van der Waals surface area contributed by atoms with Gasteiger partial charge in [0.2, 0.25) is 0 Å². The molecular weight excluding hydrogens is 264 g/mol. The first kappa shape index (κ1) is 16.3. The van der Waals surface area contributed by atoms with E-state index >= 15 is 0 Å². The molecule has 0 spiro atoms. The highest BCUT2D eigenvalue weighted by atomic mass is 16.5. The van der Waals surface area contributed by atoms with E-state index in [4.69, 9.17) is 9.47 Å². The monoisotopic (exact) mass is 292 g/mol. The van der Waals surface area contributed by atoms with Crippen molar-refractivity contribution in [1.82, 2.24) is 0 Å². The number of hydrogen-bond donors (Lipinski definition) is 1. The van der Waals surface area contributed by atoms with E-state index in [2.05, 4.69) is 6.92 Å². The SMILES string of the molecule is CCC1CCCC(OCC(O)c2cc(C)ccc2OC)C1. The summed E-state index contributed by atoms with van der Waals surface area (Å²) in [6.45, 7) is 4.61. The molecule has 1 fully saturated rings. The van der Waals surface area contributed by atoms with E-state index in [0.29, 0.717) is 12.7 Å². The van der Waals surface area contributed by atoms with Crippen LogP contribution < -0.4 is 4.74 Å². The predicted molar refractivity (Wildman–Crippen MR) is 84.7 cm³/mol. The van der Waals surface area contributed by atoms with Gasteiger partial charge in [-0.05, 0) is 37.8 Å². The third kappa shape index (κ3) is 4.45. The Labute approximate surface area is 128 Å². The molecule has 1 saturated carbocycles. The number of aliphatic hydroxyl groups excluding tert-OH is 1. The van der Waals surface area contributed by atoms with Crippen LogP contribution in [0.2, 0.25) is 0 Å². The maximum atomic E-state index is 10.4. The van der Waals surface area contributed by atoms with Crippen molar-refractivity contribution in [2.24, 2.45) is 5.92 Å². The number of methoxy groups -OCH3 is 1.